The highest BCUT2D eigenvalue weighted by Crippen LogP contribution is 2.37. The highest BCUT2D eigenvalue weighted by atomic mass is 16.5. The van der Waals surface area contributed by atoms with Crippen molar-refractivity contribution < 1.29 is 9.53 Å². The number of hydrogen-bond acceptors (Lipinski definition) is 3. The zero-order chi connectivity index (χ0) is 12.5. The molecule has 18 heavy (non-hydrogen) atoms. The Kier molecular flexibility index (Phi) is 2.48. The molecule has 1 aliphatic rings. The first-order valence-corrected chi connectivity index (χ1v) is 5.85. The summed E-state index contributed by atoms with van der Waals surface area (Å²) in [7, 11) is 0. The van der Waals surface area contributed by atoms with Crippen LogP contribution in [0.25, 0.3) is 0 Å². The Hall–Kier alpha value is -2.36. The van der Waals surface area contributed by atoms with E-state index in [1.807, 2.05) is 31.2 Å². The number of pyridine rings is 1. The lowest BCUT2D eigenvalue weighted by Crippen LogP contribution is -2.29. The van der Waals surface area contributed by atoms with Crippen molar-refractivity contribution in [1.29, 1.82) is 0 Å². The Labute approximate surface area is 105 Å². The number of hydrogen-bond donors (Lipinski definition) is 0. The maximum absolute atomic E-state index is 12.4. The Morgan fingerprint density at radius 3 is 2.89 bits per heavy atom. The zero-order valence-electron chi connectivity index (χ0n) is 9.96. The van der Waals surface area contributed by atoms with Crippen LogP contribution >= 0.6 is 0 Å². The molecule has 2 heterocycles. The van der Waals surface area contributed by atoms with E-state index in [4.69, 9.17) is 4.74 Å². The minimum absolute atomic E-state index is 0.0782. The Morgan fingerprint density at radius 2 is 2.06 bits per heavy atom. The molecule has 0 unspecified atom stereocenters. The zero-order valence-corrected chi connectivity index (χ0v) is 9.96. The van der Waals surface area contributed by atoms with Crippen LogP contribution in [0, 0.1) is 0 Å². The second kappa shape index (κ2) is 4.14. The van der Waals surface area contributed by atoms with Gasteiger partial charge in [-0.25, -0.2) is 4.98 Å². The minimum atomic E-state index is -0.0782. The van der Waals surface area contributed by atoms with Crippen LogP contribution in [0.4, 0.5) is 5.69 Å². The third-order valence-corrected chi connectivity index (χ3v) is 2.93. The highest BCUT2D eigenvalue weighted by molar-refractivity contribution is 6.09. The molecule has 1 amide bonds. The molecule has 0 atom stereocenters. The van der Waals surface area contributed by atoms with Crippen molar-refractivity contribution in [1.82, 2.24) is 4.98 Å². The third-order valence-electron chi connectivity index (χ3n) is 2.93. The fraction of sp³-hybridized carbons (Fsp3) is 0.143. The highest BCUT2D eigenvalue weighted by Gasteiger charge is 2.27. The van der Waals surface area contributed by atoms with Crippen LogP contribution in [0.1, 0.15) is 17.3 Å². The van der Waals surface area contributed by atoms with Crippen LogP contribution in [0.3, 0.4) is 0 Å². The number of carbonyl (C=O) groups excluding carboxylic acids is 1. The van der Waals surface area contributed by atoms with E-state index in [-0.39, 0.29) is 5.91 Å². The van der Waals surface area contributed by atoms with Crippen molar-refractivity contribution in [2.24, 2.45) is 0 Å². The van der Waals surface area contributed by atoms with Gasteiger partial charge < -0.3 is 9.64 Å². The number of para-hydroxylation sites is 2. The van der Waals surface area contributed by atoms with Gasteiger partial charge in [0, 0.05) is 12.7 Å². The lowest BCUT2D eigenvalue weighted by atomic mass is 10.2. The van der Waals surface area contributed by atoms with Crippen LogP contribution in [-0.4, -0.2) is 17.4 Å². The van der Waals surface area contributed by atoms with Gasteiger partial charge in [0.25, 0.3) is 5.91 Å². The summed E-state index contributed by atoms with van der Waals surface area (Å²) < 4.78 is 5.73. The van der Waals surface area contributed by atoms with Gasteiger partial charge in [-0.1, -0.05) is 12.1 Å². The van der Waals surface area contributed by atoms with Gasteiger partial charge in [0.05, 0.1) is 5.69 Å². The summed E-state index contributed by atoms with van der Waals surface area (Å²) >= 11 is 0. The lowest BCUT2D eigenvalue weighted by Gasteiger charge is -2.19. The fourth-order valence-electron chi connectivity index (χ4n) is 2.07. The summed E-state index contributed by atoms with van der Waals surface area (Å²) in [6.07, 6.45) is 1.62. The van der Waals surface area contributed by atoms with Crippen LogP contribution in [0.15, 0.2) is 42.6 Å². The molecule has 1 aromatic heterocycles. The molecule has 0 radical (unpaired) electrons. The molecule has 0 aliphatic carbocycles. The van der Waals surface area contributed by atoms with Gasteiger partial charge in [-0.05, 0) is 31.2 Å². The van der Waals surface area contributed by atoms with E-state index in [0.717, 1.165) is 5.69 Å². The summed E-state index contributed by atoms with van der Waals surface area (Å²) in [5.74, 6) is 0.946. The predicted octanol–water partition coefficient (Wildman–Crippen LogP) is 2.85. The number of amides is 1. The normalized spacial score (nSPS) is 13.4. The molecule has 3 rings (SSSR count). The smallest absolute Gasteiger partial charge is 0.263 e. The molecule has 4 heteroatoms. The number of anilines is 1. The average Bonchev–Trinajstić information content (AvgIpc) is 2.53. The lowest BCUT2D eigenvalue weighted by molar-refractivity contribution is 0.0988. The van der Waals surface area contributed by atoms with Crippen molar-refractivity contribution in [2.45, 2.75) is 6.92 Å². The number of ether oxygens (including phenoxy) is 1. The summed E-state index contributed by atoms with van der Waals surface area (Å²) in [5, 5.41) is 0. The maximum atomic E-state index is 12.4. The molecule has 0 bridgehead atoms. The molecule has 1 aromatic carbocycles. The van der Waals surface area contributed by atoms with Crippen LogP contribution < -0.4 is 9.64 Å². The van der Waals surface area contributed by atoms with Gasteiger partial charge in [-0.2, -0.15) is 0 Å². The molecule has 0 saturated carbocycles. The predicted molar refractivity (Wildman–Crippen MR) is 68.1 cm³/mol. The van der Waals surface area contributed by atoms with E-state index in [9.17, 15) is 4.79 Å². The molecule has 0 spiro atoms. The van der Waals surface area contributed by atoms with E-state index in [2.05, 4.69) is 4.98 Å². The molecule has 0 fully saturated rings. The summed E-state index contributed by atoms with van der Waals surface area (Å²) in [6, 6.07) is 11.0. The van der Waals surface area contributed by atoms with Gasteiger partial charge in [0.1, 0.15) is 5.56 Å². The maximum Gasteiger partial charge on any atom is 0.263 e. The topological polar surface area (TPSA) is 42.4 Å². The van der Waals surface area contributed by atoms with Crippen molar-refractivity contribution in [3.05, 3.63) is 48.2 Å². The monoisotopic (exact) mass is 240 g/mol. The second-order valence-electron chi connectivity index (χ2n) is 3.98. The van der Waals surface area contributed by atoms with Crippen LogP contribution in [0.5, 0.6) is 11.6 Å². The Balaban J connectivity index is 2.23. The van der Waals surface area contributed by atoms with Crippen molar-refractivity contribution in [3.8, 4) is 11.6 Å². The van der Waals surface area contributed by atoms with E-state index in [0.29, 0.717) is 23.7 Å². The van der Waals surface area contributed by atoms with Crippen LogP contribution in [0.2, 0.25) is 0 Å². The molecular formula is C14H12N2O2. The fourth-order valence-corrected chi connectivity index (χ4v) is 2.07. The van der Waals surface area contributed by atoms with Crippen molar-refractivity contribution in [2.75, 3.05) is 11.4 Å². The first kappa shape index (κ1) is 10.8. The van der Waals surface area contributed by atoms with Gasteiger partial charge >= 0.3 is 0 Å². The average molecular weight is 240 g/mol. The van der Waals surface area contributed by atoms with Gasteiger partial charge in [0.2, 0.25) is 5.88 Å². The van der Waals surface area contributed by atoms with Crippen LogP contribution in [-0.2, 0) is 0 Å². The number of rotatable bonds is 1. The van der Waals surface area contributed by atoms with E-state index in [1.54, 1.807) is 23.2 Å². The molecule has 1 aliphatic heterocycles. The number of carbonyl (C=O) groups is 1. The SMILES string of the molecule is CCN1C(=O)c2cccnc2Oc2ccccc21. The van der Waals surface area contributed by atoms with Crippen molar-refractivity contribution in [3.63, 3.8) is 0 Å². The molecular weight excluding hydrogens is 228 g/mol. The molecule has 90 valence electrons. The minimum Gasteiger partial charge on any atom is -0.436 e. The molecule has 0 saturated heterocycles. The van der Waals surface area contributed by atoms with E-state index >= 15 is 0 Å². The molecule has 2 aromatic rings. The first-order chi connectivity index (χ1) is 8.81. The van der Waals surface area contributed by atoms with E-state index in [1.165, 1.54) is 0 Å². The standard InChI is InChI=1S/C14H12N2O2/c1-2-16-11-7-3-4-8-12(11)18-13-10(14(16)17)6-5-9-15-13/h3-9H,2H2,1H3. The quantitative estimate of drug-likeness (QED) is 0.769. The van der Waals surface area contributed by atoms with Crippen molar-refractivity contribution >= 4 is 11.6 Å². The number of fused-ring (bicyclic) bond motifs is 2. The largest absolute Gasteiger partial charge is 0.436 e. The molecule has 4 nitrogen and oxygen atoms in total. The van der Waals surface area contributed by atoms with Gasteiger partial charge in [0.15, 0.2) is 5.75 Å². The number of aromatic nitrogens is 1. The summed E-state index contributed by atoms with van der Waals surface area (Å²) in [6.45, 7) is 2.53. The second-order valence-corrected chi connectivity index (χ2v) is 3.98. The summed E-state index contributed by atoms with van der Waals surface area (Å²) in [5.41, 5.74) is 1.28. The number of benzene rings is 1. The number of nitrogens with zero attached hydrogens (tertiary/aromatic N) is 2. The Morgan fingerprint density at radius 1 is 1.22 bits per heavy atom. The molecule has 0 N–H and O–H groups in total. The van der Waals surface area contributed by atoms with Gasteiger partial charge in [-0.3, -0.25) is 4.79 Å². The van der Waals surface area contributed by atoms with E-state index < -0.39 is 0 Å². The van der Waals surface area contributed by atoms with Gasteiger partial charge in [-0.15, -0.1) is 0 Å². The third kappa shape index (κ3) is 1.54. The Bertz CT molecular complexity index is 610. The summed E-state index contributed by atoms with van der Waals surface area (Å²) in [4.78, 5) is 18.3. The first-order valence-electron chi connectivity index (χ1n) is 5.85.